The van der Waals surface area contributed by atoms with Crippen LogP contribution in [0, 0.1) is 0 Å². The lowest BCUT2D eigenvalue weighted by Crippen LogP contribution is -2.54. The van der Waals surface area contributed by atoms with Crippen molar-refractivity contribution in [2.75, 3.05) is 0 Å². The van der Waals surface area contributed by atoms with Crippen LogP contribution >= 0.6 is 0 Å². The van der Waals surface area contributed by atoms with Crippen LogP contribution in [-0.4, -0.2) is 18.0 Å². The third-order valence-electron chi connectivity index (χ3n) is 2.52. The van der Waals surface area contributed by atoms with E-state index in [9.17, 15) is 35.1 Å². The Labute approximate surface area is 103 Å². The van der Waals surface area contributed by atoms with Crippen LogP contribution in [0.3, 0.4) is 0 Å². The Morgan fingerprint density at radius 2 is 1.05 bits per heavy atom. The molecule has 0 saturated carbocycles. The van der Waals surface area contributed by atoms with E-state index < -0.39 is 36.7 Å². The van der Waals surface area contributed by atoms with Crippen LogP contribution in [0.5, 0.6) is 0 Å². The second-order valence-corrected chi connectivity index (χ2v) is 3.92. The van der Waals surface area contributed by atoms with E-state index in [0.29, 0.717) is 0 Å². The van der Waals surface area contributed by atoms with Gasteiger partial charge in [-0.2, -0.15) is 26.3 Å². The number of benzene rings is 1. The van der Waals surface area contributed by atoms with E-state index in [-0.39, 0.29) is 5.56 Å². The molecule has 0 aromatic heterocycles. The largest absolute Gasteiger partial charge is 0.431 e. The van der Waals surface area contributed by atoms with Crippen molar-refractivity contribution in [3.8, 4) is 0 Å². The molecule has 0 aliphatic carbocycles. The molecule has 8 heteroatoms. The molecular formula is C11H8F8. The van der Waals surface area contributed by atoms with Crippen LogP contribution < -0.4 is 0 Å². The first-order valence-corrected chi connectivity index (χ1v) is 4.97. The molecule has 19 heavy (non-hydrogen) atoms. The van der Waals surface area contributed by atoms with Crippen molar-refractivity contribution in [1.29, 1.82) is 0 Å². The summed E-state index contributed by atoms with van der Waals surface area (Å²) in [4.78, 5) is 0. The monoisotopic (exact) mass is 292 g/mol. The summed E-state index contributed by atoms with van der Waals surface area (Å²) < 4.78 is 99.1. The maximum atomic E-state index is 13.3. The Balaban J connectivity index is 3.08. The summed E-state index contributed by atoms with van der Waals surface area (Å²) in [6, 6.07) is 3.67. The van der Waals surface area contributed by atoms with Crippen LogP contribution in [0.15, 0.2) is 24.3 Å². The molecule has 0 saturated heterocycles. The lowest BCUT2D eigenvalue weighted by atomic mass is 9.94. The zero-order valence-corrected chi connectivity index (χ0v) is 9.25. The second-order valence-electron chi connectivity index (χ2n) is 3.92. The number of rotatable bonds is 3. The van der Waals surface area contributed by atoms with Crippen LogP contribution in [-0.2, 0) is 13.1 Å². The van der Waals surface area contributed by atoms with E-state index in [1.807, 2.05) is 0 Å². The van der Waals surface area contributed by atoms with Gasteiger partial charge < -0.3 is 0 Å². The topological polar surface area (TPSA) is 0 Å². The molecule has 1 aromatic carbocycles. The average Bonchev–Trinajstić information content (AvgIpc) is 2.27. The smallest absolute Gasteiger partial charge is 0.246 e. The quantitative estimate of drug-likeness (QED) is 0.718. The SMILES string of the molecule is FCc1ccc(CC(F)(C(F)(F)F)C(F)(F)F)cc1. The summed E-state index contributed by atoms with van der Waals surface area (Å²) in [7, 11) is 0. The van der Waals surface area contributed by atoms with Crippen LogP contribution in [0.1, 0.15) is 11.1 Å². The number of halogens is 8. The van der Waals surface area contributed by atoms with Crippen LogP contribution in [0.25, 0.3) is 0 Å². The minimum absolute atomic E-state index is 0.0761. The standard InChI is InChI=1S/C11H8F8/c12-6-8-3-1-7(2-4-8)5-9(13,10(14,15)16)11(17,18)19/h1-4H,5-6H2. The molecule has 0 N–H and O–H groups in total. The summed E-state index contributed by atoms with van der Waals surface area (Å²) in [6.07, 6.45) is -14.1. The lowest BCUT2D eigenvalue weighted by Gasteiger charge is -2.30. The summed E-state index contributed by atoms with van der Waals surface area (Å²) in [5, 5.41) is 0. The molecule has 0 nitrogen and oxygen atoms in total. The fraction of sp³-hybridized carbons (Fsp3) is 0.455. The fourth-order valence-electron chi connectivity index (χ4n) is 1.39. The lowest BCUT2D eigenvalue weighted by molar-refractivity contribution is -0.340. The van der Waals surface area contributed by atoms with Gasteiger partial charge in [0.1, 0.15) is 6.67 Å². The summed E-state index contributed by atoms with van der Waals surface area (Å²) >= 11 is 0. The first kappa shape index (κ1) is 15.7. The predicted octanol–water partition coefficient (Wildman–Crippen LogP) is 4.53. The molecule has 0 spiro atoms. The number of hydrogen-bond acceptors (Lipinski definition) is 0. The first-order chi connectivity index (χ1) is 8.51. The van der Waals surface area contributed by atoms with Gasteiger partial charge in [-0.1, -0.05) is 24.3 Å². The number of alkyl halides is 8. The van der Waals surface area contributed by atoms with Gasteiger partial charge in [-0.05, 0) is 11.1 Å². The van der Waals surface area contributed by atoms with E-state index in [4.69, 9.17) is 0 Å². The Bertz CT molecular complexity index is 400. The highest BCUT2D eigenvalue weighted by molar-refractivity contribution is 5.24. The minimum Gasteiger partial charge on any atom is -0.246 e. The molecule has 0 aliphatic rings. The Kier molecular flexibility index (Phi) is 4.11. The van der Waals surface area contributed by atoms with Crippen molar-refractivity contribution in [3.05, 3.63) is 35.4 Å². The third-order valence-corrected chi connectivity index (χ3v) is 2.52. The van der Waals surface area contributed by atoms with Crippen molar-refractivity contribution in [3.63, 3.8) is 0 Å². The molecule has 0 amide bonds. The molecule has 0 heterocycles. The van der Waals surface area contributed by atoms with Gasteiger partial charge >= 0.3 is 18.0 Å². The molecule has 1 aromatic rings. The van der Waals surface area contributed by atoms with Gasteiger partial charge in [-0.25, -0.2) is 8.78 Å². The maximum absolute atomic E-state index is 13.3. The zero-order valence-electron chi connectivity index (χ0n) is 9.25. The van der Waals surface area contributed by atoms with Crippen molar-refractivity contribution < 1.29 is 35.1 Å². The van der Waals surface area contributed by atoms with Crippen molar-refractivity contribution in [2.45, 2.75) is 31.1 Å². The minimum atomic E-state index is -6.08. The van der Waals surface area contributed by atoms with Crippen molar-refractivity contribution in [1.82, 2.24) is 0 Å². The number of hydrogen-bond donors (Lipinski definition) is 0. The third kappa shape index (κ3) is 3.16. The Morgan fingerprint density at radius 3 is 1.37 bits per heavy atom. The van der Waals surface area contributed by atoms with Gasteiger partial charge in [0.05, 0.1) is 0 Å². The van der Waals surface area contributed by atoms with Gasteiger partial charge in [0.2, 0.25) is 0 Å². The van der Waals surface area contributed by atoms with Gasteiger partial charge in [-0.15, -0.1) is 0 Å². The summed E-state index contributed by atoms with van der Waals surface area (Å²) in [5.41, 5.74) is -5.77. The Hall–Kier alpha value is -1.34. The van der Waals surface area contributed by atoms with Crippen molar-refractivity contribution >= 4 is 0 Å². The van der Waals surface area contributed by atoms with Crippen LogP contribution in [0.4, 0.5) is 35.1 Å². The molecular weight excluding hydrogens is 284 g/mol. The van der Waals surface area contributed by atoms with Gasteiger partial charge in [0, 0.05) is 6.42 Å². The second kappa shape index (κ2) is 4.97. The molecule has 0 radical (unpaired) electrons. The predicted molar refractivity (Wildman–Crippen MR) is 50.9 cm³/mol. The molecule has 0 unspecified atom stereocenters. The molecule has 1 rings (SSSR count). The highest BCUT2D eigenvalue weighted by Crippen LogP contribution is 2.48. The van der Waals surface area contributed by atoms with E-state index >= 15 is 0 Å². The van der Waals surface area contributed by atoms with Crippen LogP contribution in [0.2, 0.25) is 0 Å². The normalized spacial score (nSPS) is 13.7. The molecule has 0 atom stereocenters. The molecule has 108 valence electrons. The summed E-state index contributed by atoms with van der Waals surface area (Å²) in [5.74, 6) is 0. The fourth-order valence-corrected chi connectivity index (χ4v) is 1.39. The van der Waals surface area contributed by atoms with Gasteiger partial charge in [0.15, 0.2) is 0 Å². The average molecular weight is 292 g/mol. The van der Waals surface area contributed by atoms with Gasteiger partial charge in [0.25, 0.3) is 0 Å². The van der Waals surface area contributed by atoms with E-state index in [2.05, 4.69) is 0 Å². The van der Waals surface area contributed by atoms with E-state index in [1.165, 1.54) is 0 Å². The van der Waals surface area contributed by atoms with E-state index in [1.54, 1.807) is 0 Å². The summed E-state index contributed by atoms with van der Waals surface area (Å²) in [6.45, 7) is -0.917. The zero-order chi connectivity index (χ0) is 14.9. The highest BCUT2D eigenvalue weighted by Gasteiger charge is 2.72. The van der Waals surface area contributed by atoms with Gasteiger partial charge in [-0.3, -0.25) is 0 Å². The van der Waals surface area contributed by atoms with E-state index in [0.717, 1.165) is 24.3 Å². The molecule has 0 bridgehead atoms. The Morgan fingerprint density at radius 1 is 0.684 bits per heavy atom. The first-order valence-electron chi connectivity index (χ1n) is 4.97. The maximum Gasteiger partial charge on any atom is 0.431 e. The van der Waals surface area contributed by atoms with Crippen molar-refractivity contribution in [2.24, 2.45) is 0 Å². The highest BCUT2D eigenvalue weighted by atomic mass is 19.4. The molecule has 0 fully saturated rings. The molecule has 0 aliphatic heterocycles.